The molecule has 0 aromatic heterocycles. The minimum absolute atomic E-state index is 0.00673. The van der Waals surface area contributed by atoms with E-state index < -0.39 is 29.1 Å². The summed E-state index contributed by atoms with van der Waals surface area (Å²) in [5.41, 5.74) is 10.9. The van der Waals surface area contributed by atoms with Crippen LogP contribution in [-0.4, -0.2) is 17.9 Å². The van der Waals surface area contributed by atoms with E-state index in [-0.39, 0.29) is 16.8 Å². The molecular formula is C14H20FN3O2. The van der Waals surface area contributed by atoms with Crippen LogP contribution in [0, 0.1) is 18.2 Å². The van der Waals surface area contributed by atoms with E-state index in [0.717, 1.165) is 6.07 Å². The molecule has 6 heteroatoms. The first-order valence-electron chi connectivity index (χ1n) is 6.20. The van der Waals surface area contributed by atoms with Gasteiger partial charge in [-0.15, -0.1) is 0 Å². The van der Waals surface area contributed by atoms with Crippen LogP contribution in [0.3, 0.4) is 0 Å². The minimum Gasteiger partial charge on any atom is -0.366 e. The van der Waals surface area contributed by atoms with Crippen LogP contribution in [0.2, 0.25) is 0 Å². The van der Waals surface area contributed by atoms with Crippen LogP contribution in [0.15, 0.2) is 12.1 Å². The maximum atomic E-state index is 13.7. The van der Waals surface area contributed by atoms with Crippen molar-refractivity contribution in [3.63, 3.8) is 0 Å². The van der Waals surface area contributed by atoms with E-state index in [4.69, 9.17) is 11.5 Å². The normalized spacial score (nSPS) is 12.9. The molecule has 0 bridgehead atoms. The number of anilines is 1. The number of nitrogens with one attached hydrogen (secondary N) is 1. The van der Waals surface area contributed by atoms with Crippen molar-refractivity contribution in [2.24, 2.45) is 16.9 Å². The van der Waals surface area contributed by atoms with Gasteiger partial charge >= 0.3 is 0 Å². The Morgan fingerprint density at radius 1 is 1.30 bits per heavy atom. The zero-order valence-electron chi connectivity index (χ0n) is 12.1. The molecule has 0 fully saturated rings. The monoisotopic (exact) mass is 281 g/mol. The summed E-state index contributed by atoms with van der Waals surface area (Å²) >= 11 is 0. The van der Waals surface area contributed by atoms with Crippen LogP contribution in [0.4, 0.5) is 10.1 Å². The predicted octanol–water partition coefficient (Wildman–Crippen LogP) is 1.54. The number of benzene rings is 1. The second kappa shape index (κ2) is 5.58. The van der Waals surface area contributed by atoms with Gasteiger partial charge in [0.1, 0.15) is 5.82 Å². The van der Waals surface area contributed by atoms with E-state index in [1.807, 2.05) is 20.8 Å². The number of halogens is 1. The lowest BCUT2D eigenvalue weighted by Crippen LogP contribution is -2.45. The molecule has 1 rings (SSSR count). The summed E-state index contributed by atoms with van der Waals surface area (Å²) in [5, 5.41) is 2.54. The van der Waals surface area contributed by atoms with Gasteiger partial charge in [-0.25, -0.2) is 4.39 Å². The van der Waals surface area contributed by atoms with Gasteiger partial charge in [-0.3, -0.25) is 9.59 Å². The number of hydrogen-bond donors (Lipinski definition) is 3. The Kier molecular flexibility index (Phi) is 4.50. The molecule has 0 radical (unpaired) electrons. The Balaban J connectivity index is 3.09. The zero-order chi connectivity index (χ0) is 15.7. The van der Waals surface area contributed by atoms with Gasteiger partial charge in [0.25, 0.3) is 0 Å². The average Bonchev–Trinajstić information content (AvgIpc) is 2.32. The molecule has 5 N–H and O–H groups in total. The summed E-state index contributed by atoms with van der Waals surface area (Å²) < 4.78 is 13.7. The molecule has 110 valence electrons. The topological polar surface area (TPSA) is 98.2 Å². The summed E-state index contributed by atoms with van der Waals surface area (Å²) in [4.78, 5) is 23.1. The lowest BCUT2D eigenvalue weighted by Gasteiger charge is -2.26. The smallest absolute Gasteiger partial charge is 0.248 e. The largest absolute Gasteiger partial charge is 0.366 e. The average molecular weight is 281 g/mol. The molecule has 0 unspecified atom stereocenters. The standard InChI is InChI=1S/C14H20FN3O2/c1-7-9(15)5-8(12(17)19)6-10(7)18-13(20)11(16)14(2,3)4/h5-6,11H,16H2,1-4H3,(H2,17,19)(H,18,20)/t11-/m1/s1. The number of carbonyl (C=O) groups is 2. The van der Waals surface area contributed by atoms with Crippen molar-refractivity contribution >= 4 is 17.5 Å². The van der Waals surface area contributed by atoms with Crippen molar-refractivity contribution in [1.29, 1.82) is 0 Å². The van der Waals surface area contributed by atoms with Gasteiger partial charge in [-0.05, 0) is 24.5 Å². The van der Waals surface area contributed by atoms with Crippen LogP contribution in [0.1, 0.15) is 36.7 Å². The maximum Gasteiger partial charge on any atom is 0.248 e. The molecule has 0 heterocycles. The Hall–Kier alpha value is -1.95. The Morgan fingerprint density at radius 2 is 1.85 bits per heavy atom. The van der Waals surface area contributed by atoms with Crippen molar-refractivity contribution in [1.82, 2.24) is 0 Å². The molecular weight excluding hydrogens is 261 g/mol. The molecule has 20 heavy (non-hydrogen) atoms. The molecule has 0 saturated heterocycles. The van der Waals surface area contributed by atoms with Crippen LogP contribution in [-0.2, 0) is 4.79 Å². The van der Waals surface area contributed by atoms with Crippen molar-refractivity contribution in [2.45, 2.75) is 33.7 Å². The summed E-state index contributed by atoms with van der Waals surface area (Å²) in [7, 11) is 0. The Bertz CT molecular complexity index is 550. The lowest BCUT2D eigenvalue weighted by atomic mass is 9.87. The highest BCUT2D eigenvalue weighted by atomic mass is 19.1. The molecule has 0 aliphatic carbocycles. The third kappa shape index (κ3) is 3.54. The van der Waals surface area contributed by atoms with Gasteiger partial charge in [-0.1, -0.05) is 20.8 Å². The second-order valence-electron chi connectivity index (χ2n) is 5.83. The van der Waals surface area contributed by atoms with Crippen LogP contribution in [0.25, 0.3) is 0 Å². The first kappa shape index (κ1) is 16.1. The van der Waals surface area contributed by atoms with Crippen molar-refractivity contribution in [2.75, 3.05) is 5.32 Å². The molecule has 0 spiro atoms. The first-order chi connectivity index (χ1) is 9.04. The minimum atomic E-state index is -0.764. The zero-order valence-corrected chi connectivity index (χ0v) is 12.1. The number of hydrogen-bond acceptors (Lipinski definition) is 3. The highest BCUT2D eigenvalue weighted by molar-refractivity contribution is 5.98. The molecule has 1 aromatic rings. The number of rotatable bonds is 3. The summed E-state index contributed by atoms with van der Waals surface area (Å²) in [5.74, 6) is -1.82. The van der Waals surface area contributed by atoms with Gasteiger partial charge < -0.3 is 16.8 Å². The van der Waals surface area contributed by atoms with Crippen LogP contribution < -0.4 is 16.8 Å². The summed E-state index contributed by atoms with van der Waals surface area (Å²) in [6.07, 6.45) is 0. The number of nitrogens with two attached hydrogens (primary N) is 2. The Labute approximate surface area is 117 Å². The van der Waals surface area contributed by atoms with E-state index in [0.29, 0.717) is 0 Å². The quantitative estimate of drug-likeness (QED) is 0.783. The van der Waals surface area contributed by atoms with Gasteiger partial charge in [0, 0.05) is 16.8 Å². The lowest BCUT2D eigenvalue weighted by molar-refractivity contribution is -0.119. The summed E-state index contributed by atoms with van der Waals surface area (Å²) in [6.45, 7) is 6.97. The predicted molar refractivity (Wildman–Crippen MR) is 75.7 cm³/mol. The number of primary amides is 1. The maximum absolute atomic E-state index is 13.7. The van der Waals surface area contributed by atoms with Crippen LogP contribution in [0.5, 0.6) is 0 Å². The third-order valence-corrected chi connectivity index (χ3v) is 3.10. The Morgan fingerprint density at radius 3 is 2.30 bits per heavy atom. The SMILES string of the molecule is Cc1c(F)cc(C(N)=O)cc1NC(=O)[C@@H](N)C(C)(C)C. The van der Waals surface area contributed by atoms with Crippen molar-refractivity contribution in [3.05, 3.63) is 29.1 Å². The van der Waals surface area contributed by atoms with Gasteiger partial charge in [0.15, 0.2) is 0 Å². The number of amides is 2. The van der Waals surface area contributed by atoms with Crippen molar-refractivity contribution in [3.8, 4) is 0 Å². The van der Waals surface area contributed by atoms with E-state index in [1.54, 1.807) is 0 Å². The highest BCUT2D eigenvalue weighted by Gasteiger charge is 2.28. The van der Waals surface area contributed by atoms with Gasteiger partial charge in [-0.2, -0.15) is 0 Å². The van der Waals surface area contributed by atoms with Crippen LogP contribution >= 0.6 is 0 Å². The van der Waals surface area contributed by atoms with E-state index in [2.05, 4.69) is 5.32 Å². The van der Waals surface area contributed by atoms with E-state index >= 15 is 0 Å². The fraction of sp³-hybridized carbons (Fsp3) is 0.429. The molecule has 2 amide bonds. The molecule has 0 aliphatic heterocycles. The molecule has 5 nitrogen and oxygen atoms in total. The molecule has 0 aliphatic rings. The summed E-state index contributed by atoms with van der Waals surface area (Å²) in [6, 6.07) is 1.62. The first-order valence-corrected chi connectivity index (χ1v) is 6.20. The molecule has 1 aromatic carbocycles. The molecule has 1 atom stereocenters. The van der Waals surface area contributed by atoms with E-state index in [9.17, 15) is 14.0 Å². The third-order valence-electron chi connectivity index (χ3n) is 3.10. The van der Waals surface area contributed by atoms with E-state index in [1.165, 1.54) is 13.0 Å². The van der Waals surface area contributed by atoms with Gasteiger partial charge in [0.2, 0.25) is 11.8 Å². The fourth-order valence-corrected chi connectivity index (χ4v) is 1.55. The number of carbonyl (C=O) groups excluding carboxylic acids is 2. The second-order valence-corrected chi connectivity index (χ2v) is 5.83. The van der Waals surface area contributed by atoms with Crippen molar-refractivity contribution < 1.29 is 14.0 Å². The fourth-order valence-electron chi connectivity index (χ4n) is 1.55. The highest BCUT2D eigenvalue weighted by Crippen LogP contribution is 2.23. The molecule has 0 saturated carbocycles. The van der Waals surface area contributed by atoms with Gasteiger partial charge in [0.05, 0.1) is 6.04 Å².